The molecule has 4 heteroatoms. The first-order valence-electron chi connectivity index (χ1n) is 6.99. The van der Waals surface area contributed by atoms with Crippen molar-refractivity contribution in [1.29, 1.82) is 0 Å². The minimum absolute atomic E-state index is 0.0514. The number of rotatable bonds is 5. The molecule has 0 aliphatic carbocycles. The van der Waals surface area contributed by atoms with Crippen LogP contribution in [0.15, 0.2) is 63.8 Å². The lowest BCUT2D eigenvalue weighted by Gasteiger charge is -2.14. The average Bonchev–Trinajstić information content (AvgIpc) is 2.55. The predicted molar refractivity (Wildman–Crippen MR) is 95.8 cm³/mol. The summed E-state index contributed by atoms with van der Waals surface area (Å²) in [4.78, 5) is 11.4. The van der Waals surface area contributed by atoms with Gasteiger partial charge in [-0.1, -0.05) is 61.5 Å². The smallest absolute Gasteiger partial charge is 0.335 e. The summed E-state index contributed by atoms with van der Waals surface area (Å²) in [6.45, 7) is 1.87. The largest absolute Gasteiger partial charge is 0.478 e. The molecule has 0 aromatic heterocycles. The van der Waals surface area contributed by atoms with Gasteiger partial charge in [-0.05, 0) is 45.7 Å². The normalized spacial score (nSPS) is 13.4. The van der Waals surface area contributed by atoms with Gasteiger partial charge in [0.15, 0.2) is 0 Å². The molecule has 1 atom stereocenters. The van der Waals surface area contributed by atoms with Gasteiger partial charge < -0.3 is 10.2 Å². The number of aliphatic hydroxyl groups is 1. The van der Waals surface area contributed by atoms with E-state index in [0.29, 0.717) is 15.6 Å². The SMILES string of the molecule is CCC(I)=C(C(=O)O)C(O)c1ccc(-c2ccccc2)cc1. The molecule has 0 spiro atoms. The summed E-state index contributed by atoms with van der Waals surface area (Å²) < 4.78 is 0.657. The lowest BCUT2D eigenvalue weighted by Crippen LogP contribution is -2.12. The van der Waals surface area contributed by atoms with Crippen LogP contribution in [0.25, 0.3) is 11.1 Å². The highest BCUT2D eigenvalue weighted by Crippen LogP contribution is 2.30. The van der Waals surface area contributed by atoms with Crippen LogP contribution in [0, 0.1) is 0 Å². The minimum atomic E-state index is -1.12. The van der Waals surface area contributed by atoms with Crippen molar-refractivity contribution in [2.24, 2.45) is 0 Å². The molecule has 22 heavy (non-hydrogen) atoms. The molecule has 0 heterocycles. The molecule has 2 aromatic rings. The lowest BCUT2D eigenvalue weighted by molar-refractivity contribution is -0.133. The maximum Gasteiger partial charge on any atom is 0.335 e. The number of aliphatic hydroxyl groups excluding tert-OH is 1. The van der Waals surface area contributed by atoms with E-state index < -0.39 is 12.1 Å². The third-order valence-corrected chi connectivity index (χ3v) is 4.78. The number of carbonyl (C=O) groups is 1. The Morgan fingerprint density at radius 3 is 2.09 bits per heavy atom. The number of allylic oxidation sites excluding steroid dienone is 1. The Labute approximate surface area is 143 Å². The Hall–Kier alpha value is -1.66. The van der Waals surface area contributed by atoms with Crippen LogP contribution in [0.5, 0.6) is 0 Å². The Balaban J connectivity index is 2.32. The zero-order valence-electron chi connectivity index (χ0n) is 12.2. The van der Waals surface area contributed by atoms with Crippen molar-refractivity contribution in [2.45, 2.75) is 19.4 Å². The van der Waals surface area contributed by atoms with Crippen molar-refractivity contribution in [3.8, 4) is 11.1 Å². The average molecular weight is 408 g/mol. The third-order valence-electron chi connectivity index (χ3n) is 3.44. The second-order valence-corrected chi connectivity index (χ2v) is 6.17. The highest BCUT2D eigenvalue weighted by atomic mass is 127. The standard InChI is InChI=1S/C18H17IO3/c1-2-15(19)16(18(21)22)17(20)14-10-8-13(9-11-14)12-6-4-3-5-7-12/h3-11,17,20H,2H2,1H3,(H,21,22). The minimum Gasteiger partial charge on any atom is -0.478 e. The molecule has 2 N–H and O–H groups in total. The van der Waals surface area contributed by atoms with Crippen molar-refractivity contribution >= 4 is 28.6 Å². The summed E-state index contributed by atoms with van der Waals surface area (Å²) >= 11 is 1.98. The van der Waals surface area contributed by atoms with E-state index >= 15 is 0 Å². The van der Waals surface area contributed by atoms with E-state index in [-0.39, 0.29) is 5.57 Å². The second-order valence-electron chi connectivity index (χ2n) is 4.87. The maximum atomic E-state index is 11.4. The number of aliphatic carboxylic acids is 1. The van der Waals surface area contributed by atoms with Crippen molar-refractivity contribution in [2.75, 3.05) is 0 Å². The van der Waals surface area contributed by atoms with Gasteiger partial charge in [-0.2, -0.15) is 0 Å². The van der Waals surface area contributed by atoms with Crippen LogP contribution < -0.4 is 0 Å². The molecule has 3 nitrogen and oxygen atoms in total. The van der Waals surface area contributed by atoms with E-state index in [4.69, 9.17) is 0 Å². The number of carboxylic acids is 1. The van der Waals surface area contributed by atoms with E-state index in [0.717, 1.165) is 11.1 Å². The summed E-state index contributed by atoms with van der Waals surface area (Å²) in [6, 6.07) is 17.2. The van der Waals surface area contributed by atoms with Gasteiger partial charge in [0.2, 0.25) is 0 Å². The monoisotopic (exact) mass is 408 g/mol. The van der Waals surface area contributed by atoms with Crippen molar-refractivity contribution in [1.82, 2.24) is 0 Å². The fourth-order valence-electron chi connectivity index (χ4n) is 2.23. The van der Waals surface area contributed by atoms with Crippen LogP contribution in [0.4, 0.5) is 0 Å². The summed E-state index contributed by atoms with van der Waals surface area (Å²) in [7, 11) is 0. The molecule has 0 saturated carbocycles. The second kappa shape index (κ2) is 7.56. The van der Waals surface area contributed by atoms with Crippen LogP contribution >= 0.6 is 22.6 Å². The van der Waals surface area contributed by atoms with Crippen molar-refractivity contribution in [3.63, 3.8) is 0 Å². The summed E-state index contributed by atoms with van der Waals surface area (Å²) in [5, 5.41) is 19.7. The molecule has 2 aromatic carbocycles. The Morgan fingerprint density at radius 1 is 1.05 bits per heavy atom. The van der Waals surface area contributed by atoms with Gasteiger partial charge in [-0.25, -0.2) is 4.79 Å². The van der Waals surface area contributed by atoms with Crippen LogP contribution in [-0.2, 0) is 4.79 Å². The fraction of sp³-hybridized carbons (Fsp3) is 0.167. The first-order chi connectivity index (χ1) is 10.5. The molecule has 0 saturated heterocycles. The Kier molecular flexibility index (Phi) is 5.74. The Bertz CT molecular complexity index is 675. The molecule has 0 bridgehead atoms. The topological polar surface area (TPSA) is 57.5 Å². The molecular weight excluding hydrogens is 391 g/mol. The Morgan fingerprint density at radius 2 is 1.59 bits per heavy atom. The molecule has 0 aliphatic heterocycles. The van der Waals surface area contributed by atoms with Gasteiger partial charge in [0.05, 0.1) is 5.57 Å². The van der Waals surface area contributed by atoms with E-state index in [1.807, 2.05) is 72.0 Å². The molecule has 114 valence electrons. The van der Waals surface area contributed by atoms with E-state index in [1.54, 1.807) is 12.1 Å². The molecule has 0 aliphatic rings. The van der Waals surface area contributed by atoms with Crippen LogP contribution in [0.3, 0.4) is 0 Å². The summed E-state index contributed by atoms with van der Waals surface area (Å²) in [5.74, 6) is -1.08. The zero-order valence-corrected chi connectivity index (χ0v) is 14.3. The van der Waals surface area contributed by atoms with Gasteiger partial charge in [0, 0.05) is 3.58 Å². The molecule has 0 radical (unpaired) electrons. The van der Waals surface area contributed by atoms with Gasteiger partial charge in [-0.15, -0.1) is 0 Å². The number of hydrogen-bond acceptors (Lipinski definition) is 2. The van der Waals surface area contributed by atoms with E-state index in [1.165, 1.54) is 0 Å². The van der Waals surface area contributed by atoms with E-state index in [2.05, 4.69) is 0 Å². The molecular formula is C18H17IO3. The molecule has 1 unspecified atom stereocenters. The number of carboxylic acid groups (broad SMARTS) is 1. The van der Waals surface area contributed by atoms with Crippen molar-refractivity contribution in [3.05, 3.63) is 69.3 Å². The number of benzene rings is 2. The first-order valence-corrected chi connectivity index (χ1v) is 8.07. The highest BCUT2D eigenvalue weighted by Gasteiger charge is 2.22. The lowest BCUT2D eigenvalue weighted by atomic mass is 9.97. The number of halogens is 1. The third kappa shape index (κ3) is 3.75. The van der Waals surface area contributed by atoms with Crippen molar-refractivity contribution < 1.29 is 15.0 Å². The number of hydrogen-bond donors (Lipinski definition) is 2. The predicted octanol–water partition coefficient (Wildman–Crippen LogP) is 4.57. The van der Waals surface area contributed by atoms with Crippen LogP contribution in [0.1, 0.15) is 25.0 Å². The molecule has 2 rings (SSSR count). The van der Waals surface area contributed by atoms with Gasteiger partial charge in [-0.3, -0.25) is 0 Å². The van der Waals surface area contributed by atoms with Gasteiger partial charge >= 0.3 is 5.97 Å². The maximum absolute atomic E-state index is 11.4. The summed E-state index contributed by atoms with van der Waals surface area (Å²) in [5.41, 5.74) is 2.75. The fourth-order valence-corrected chi connectivity index (χ4v) is 2.75. The zero-order chi connectivity index (χ0) is 16.1. The summed E-state index contributed by atoms with van der Waals surface area (Å²) in [6.07, 6.45) is -0.532. The van der Waals surface area contributed by atoms with Crippen LogP contribution in [-0.4, -0.2) is 16.2 Å². The van der Waals surface area contributed by atoms with E-state index in [9.17, 15) is 15.0 Å². The quantitative estimate of drug-likeness (QED) is 0.563. The molecule has 0 amide bonds. The highest BCUT2D eigenvalue weighted by molar-refractivity contribution is 14.1. The van der Waals surface area contributed by atoms with Gasteiger partial charge in [0.1, 0.15) is 6.10 Å². The van der Waals surface area contributed by atoms with Gasteiger partial charge in [0.25, 0.3) is 0 Å². The van der Waals surface area contributed by atoms with Crippen LogP contribution in [0.2, 0.25) is 0 Å². The molecule has 0 fully saturated rings. The first kappa shape index (κ1) is 16.7.